The molecular formula is C33H43N5O3. The average molecular weight is 558 g/mol. The van der Waals surface area contributed by atoms with Crippen LogP contribution in [0.3, 0.4) is 0 Å². The van der Waals surface area contributed by atoms with Gasteiger partial charge in [0.05, 0.1) is 25.4 Å². The number of ether oxygens (including phenoxy) is 1. The van der Waals surface area contributed by atoms with Gasteiger partial charge in [0.1, 0.15) is 5.75 Å². The molecule has 41 heavy (non-hydrogen) atoms. The highest BCUT2D eigenvalue weighted by atomic mass is 16.5. The van der Waals surface area contributed by atoms with Crippen LogP contribution in [0.5, 0.6) is 5.75 Å². The lowest BCUT2D eigenvalue weighted by Gasteiger charge is -2.27. The standard InChI is InChI=1S/C33H43N5O3/c1-25(2)37-22-29-19-27(11-13-31(29)41-18-6-4-5-16-36-32(39)24-37)12-14-33(40)38(21-28-10-8-15-34-20-28)23-30-26(3)9-7-17-35-30/h7-11,13,15,17,19-20,25H,4-6,12,14,16,18,21-24H2,1-3H3,(H,36,39). The summed E-state index contributed by atoms with van der Waals surface area (Å²) < 4.78 is 6.20. The van der Waals surface area contributed by atoms with Gasteiger partial charge < -0.3 is 15.0 Å². The third kappa shape index (κ3) is 9.39. The number of carbonyl (C=O) groups is 2. The zero-order valence-corrected chi connectivity index (χ0v) is 24.6. The minimum atomic E-state index is 0.0546. The first kappa shape index (κ1) is 30.2. The lowest BCUT2D eigenvalue weighted by Crippen LogP contribution is -2.40. The Morgan fingerprint density at radius 2 is 1.90 bits per heavy atom. The SMILES string of the molecule is Cc1cccnc1CN(Cc1cccnc1)C(=O)CCc1ccc2c(c1)CN(C(C)C)CC(=O)NCCCCCO2. The van der Waals surface area contributed by atoms with Crippen LogP contribution in [0.4, 0.5) is 0 Å². The summed E-state index contributed by atoms with van der Waals surface area (Å²) in [6, 6.07) is 14.2. The molecule has 0 unspecified atom stereocenters. The third-order valence-electron chi connectivity index (χ3n) is 7.51. The van der Waals surface area contributed by atoms with Gasteiger partial charge in [0.15, 0.2) is 0 Å². The lowest BCUT2D eigenvalue weighted by atomic mass is 10.0. The molecule has 1 aliphatic heterocycles. The predicted octanol–water partition coefficient (Wildman–Crippen LogP) is 4.84. The van der Waals surface area contributed by atoms with Crippen molar-refractivity contribution in [2.45, 2.75) is 78.6 Å². The highest BCUT2D eigenvalue weighted by molar-refractivity contribution is 5.78. The fraction of sp³-hybridized carbons (Fsp3) is 0.455. The van der Waals surface area contributed by atoms with Gasteiger partial charge in [0, 0.05) is 56.3 Å². The molecule has 0 spiro atoms. The Morgan fingerprint density at radius 1 is 1.05 bits per heavy atom. The Balaban J connectivity index is 1.50. The van der Waals surface area contributed by atoms with Crippen molar-refractivity contribution in [3.63, 3.8) is 0 Å². The molecule has 4 rings (SSSR count). The maximum atomic E-state index is 13.6. The molecule has 1 aliphatic rings. The summed E-state index contributed by atoms with van der Waals surface area (Å²) >= 11 is 0. The summed E-state index contributed by atoms with van der Waals surface area (Å²) in [6.07, 6.45) is 9.21. The molecule has 1 N–H and O–H groups in total. The van der Waals surface area contributed by atoms with Crippen LogP contribution in [0.2, 0.25) is 0 Å². The quantitative estimate of drug-likeness (QED) is 0.427. The number of rotatable bonds is 8. The van der Waals surface area contributed by atoms with Crippen LogP contribution < -0.4 is 10.1 Å². The number of nitrogens with one attached hydrogen (secondary N) is 1. The lowest BCUT2D eigenvalue weighted by molar-refractivity contribution is -0.132. The molecule has 0 atom stereocenters. The van der Waals surface area contributed by atoms with E-state index in [9.17, 15) is 9.59 Å². The maximum absolute atomic E-state index is 13.6. The van der Waals surface area contributed by atoms with E-state index in [4.69, 9.17) is 4.74 Å². The zero-order chi connectivity index (χ0) is 29.0. The number of hydrogen-bond donors (Lipinski definition) is 1. The molecule has 3 heterocycles. The van der Waals surface area contributed by atoms with E-state index in [2.05, 4.69) is 46.2 Å². The first-order chi connectivity index (χ1) is 19.9. The van der Waals surface area contributed by atoms with Crippen LogP contribution in [-0.4, -0.2) is 57.3 Å². The topological polar surface area (TPSA) is 87.7 Å². The number of hydrogen-bond acceptors (Lipinski definition) is 6. The Hall–Kier alpha value is -3.78. The Labute approximate surface area is 244 Å². The second kappa shape index (κ2) is 15.3. The van der Waals surface area contributed by atoms with E-state index in [-0.39, 0.29) is 17.9 Å². The van der Waals surface area contributed by atoms with Crippen molar-refractivity contribution in [1.29, 1.82) is 0 Å². The summed E-state index contributed by atoms with van der Waals surface area (Å²) in [6.45, 7) is 9.46. The van der Waals surface area contributed by atoms with Gasteiger partial charge in [-0.15, -0.1) is 0 Å². The van der Waals surface area contributed by atoms with Crippen molar-refractivity contribution >= 4 is 11.8 Å². The monoisotopic (exact) mass is 557 g/mol. The number of pyridine rings is 2. The molecule has 0 saturated carbocycles. The van der Waals surface area contributed by atoms with E-state index in [1.807, 2.05) is 42.2 Å². The van der Waals surface area contributed by atoms with Crippen LogP contribution in [0.15, 0.2) is 61.1 Å². The molecule has 218 valence electrons. The second-order valence-corrected chi connectivity index (χ2v) is 11.1. The highest BCUT2D eigenvalue weighted by Crippen LogP contribution is 2.25. The molecule has 8 nitrogen and oxygen atoms in total. The number of fused-ring (bicyclic) bond motifs is 1. The van der Waals surface area contributed by atoms with Gasteiger partial charge in [-0.2, -0.15) is 0 Å². The summed E-state index contributed by atoms with van der Waals surface area (Å²) in [7, 11) is 0. The van der Waals surface area contributed by atoms with Gasteiger partial charge in [0.2, 0.25) is 11.8 Å². The highest BCUT2D eigenvalue weighted by Gasteiger charge is 2.20. The van der Waals surface area contributed by atoms with Gasteiger partial charge >= 0.3 is 0 Å². The Morgan fingerprint density at radius 3 is 2.68 bits per heavy atom. The van der Waals surface area contributed by atoms with Crippen molar-refractivity contribution in [1.82, 2.24) is 25.1 Å². The number of carbonyl (C=O) groups excluding carboxylic acids is 2. The maximum Gasteiger partial charge on any atom is 0.234 e. The molecule has 0 radical (unpaired) electrons. The summed E-state index contributed by atoms with van der Waals surface area (Å²) in [5, 5.41) is 3.05. The normalized spacial score (nSPS) is 15.1. The molecule has 2 aromatic heterocycles. The van der Waals surface area contributed by atoms with Crippen molar-refractivity contribution in [2.75, 3.05) is 19.7 Å². The molecular weight excluding hydrogens is 514 g/mol. The summed E-state index contributed by atoms with van der Waals surface area (Å²) in [5.41, 5.74) is 5.08. The van der Waals surface area contributed by atoms with Crippen molar-refractivity contribution in [3.8, 4) is 5.75 Å². The van der Waals surface area contributed by atoms with Gasteiger partial charge in [-0.05, 0) is 81.3 Å². The average Bonchev–Trinajstić information content (AvgIpc) is 2.98. The number of benzene rings is 1. The van der Waals surface area contributed by atoms with E-state index in [0.29, 0.717) is 52.2 Å². The molecule has 3 aromatic rings. The van der Waals surface area contributed by atoms with Crippen molar-refractivity contribution in [3.05, 3.63) is 89.0 Å². The molecule has 0 fully saturated rings. The number of aromatic nitrogens is 2. The molecule has 8 heteroatoms. The molecule has 2 amide bonds. The first-order valence-corrected chi connectivity index (χ1v) is 14.7. The zero-order valence-electron chi connectivity index (χ0n) is 24.6. The molecule has 0 aliphatic carbocycles. The van der Waals surface area contributed by atoms with E-state index in [1.54, 1.807) is 18.6 Å². The minimum Gasteiger partial charge on any atom is -0.493 e. The first-order valence-electron chi connectivity index (χ1n) is 14.7. The second-order valence-electron chi connectivity index (χ2n) is 11.1. The van der Waals surface area contributed by atoms with E-state index in [1.165, 1.54) is 0 Å². The van der Waals surface area contributed by atoms with Crippen LogP contribution in [0.1, 0.15) is 67.5 Å². The fourth-order valence-electron chi connectivity index (χ4n) is 4.97. The van der Waals surface area contributed by atoms with E-state index >= 15 is 0 Å². The van der Waals surface area contributed by atoms with E-state index in [0.717, 1.165) is 53.0 Å². The molecule has 0 saturated heterocycles. The van der Waals surface area contributed by atoms with Crippen molar-refractivity contribution in [2.24, 2.45) is 0 Å². The third-order valence-corrected chi connectivity index (χ3v) is 7.51. The van der Waals surface area contributed by atoms with Gasteiger partial charge in [-0.3, -0.25) is 24.5 Å². The fourth-order valence-corrected chi connectivity index (χ4v) is 4.97. The molecule has 0 bridgehead atoms. The van der Waals surface area contributed by atoms with E-state index < -0.39 is 0 Å². The molecule has 1 aromatic carbocycles. The van der Waals surface area contributed by atoms with Crippen LogP contribution >= 0.6 is 0 Å². The Bertz CT molecular complexity index is 1280. The number of amides is 2. The van der Waals surface area contributed by atoms with Crippen LogP contribution in [0.25, 0.3) is 0 Å². The van der Waals surface area contributed by atoms with Crippen molar-refractivity contribution < 1.29 is 14.3 Å². The minimum absolute atomic E-state index is 0.0546. The van der Waals surface area contributed by atoms with Crippen LogP contribution in [-0.2, 0) is 35.6 Å². The summed E-state index contributed by atoms with van der Waals surface area (Å²) in [4.78, 5) is 38.9. The van der Waals surface area contributed by atoms with Gasteiger partial charge in [-0.1, -0.05) is 24.3 Å². The van der Waals surface area contributed by atoms with Crippen LogP contribution in [0, 0.1) is 6.92 Å². The number of aryl methyl sites for hydroxylation is 2. The van der Waals surface area contributed by atoms with Gasteiger partial charge in [-0.25, -0.2) is 0 Å². The Kier molecular flexibility index (Phi) is 11.3. The predicted molar refractivity (Wildman–Crippen MR) is 160 cm³/mol. The number of nitrogens with zero attached hydrogens (tertiary/aromatic N) is 4. The largest absolute Gasteiger partial charge is 0.493 e. The summed E-state index contributed by atoms with van der Waals surface area (Å²) in [5.74, 6) is 0.980. The smallest absolute Gasteiger partial charge is 0.234 e. The van der Waals surface area contributed by atoms with Gasteiger partial charge in [0.25, 0.3) is 0 Å².